The SMILES string of the molecule is C[C@H](OC(=O)c1ccc(-c2ccccc2F)o1)C(=O)N1CCN(c2ccccc2)CC1. The molecule has 31 heavy (non-hydrogen) atoms. The zero-order valence-electron chi connectivity index (χ0n) is 17.2. The summed E-state index contributed by atoms with van der Waals surface area (Å²) in [5.74, 6) is -1.31. The smallest absolute Gasteiger partial charge is 0.375 e. The lowest BCUT2D eigenvalue weighted by Crippen LogP contribution is -2.51. The number of esters is 1. The molecule has 0 saturated carbocycles. The van der Waals surface area contributed by atoms with Gasteiger partial charge in [-0.1, -0.05) is 30.3 Å². The molecule has 3 aromatic rings. The topological polar surface area (TPSA) is 63.0 Å². The molecule has 160 valence electrons. The lowest BCUT2D eigenvalue weighted by molar-refractivity contribution is -0.140. The number of carbonyl (C=O) groups excluding carboxylic acids is 2. The summed E-state index contributed by atoms with van der Waals surface area (Å²) in [5.41, 5.74) is 1.37. The first kappa shape index (κ1) is 20.7. The van der Waals surface area contributed by atoms with Gasteiger partial charge in [-0.2, -0.15) is 0 Å². The van der Waals surface area contributed by atoms with Crippen LogP contribution in [-0.2, 0) is 9.53 Å². The number of nitrogens with zero attached hydrogens (tertiary/aromatic N) is 2. The number of halogens is 1. The molecule has 6 nitrogen and oxygen atoms in total. The van der Waals surface area contributed by atoms with Crippen LogP contribution in [0.2, 0.25) is 0 Å². The van der Waals surface area contributed by atoms with E-state index in [1.54, 1.807) is 30.0 Å². The van der Waals surface area contributed by atoms with Crippen molar-refractivity contribution in [1.82, 2.24) is 4.90 Å². The monoisotopic (exact) mass is 422 g/mol. The zero-order valence-corrected chi connectivity index (χ0v) is 17.2. The molecule has 2 aromatic carbocycles. The van der Waals surface area contributed by atoms with E-state index in [1.807, 2.05) is 30.3 Å². The van der Waals surface area contributed by atoms with Crippen molar-refractivity contribution in [3.8, 4) is 11.3 Å². The summed E-state index contributed by atoms with van der Waals surface area (Å²) in [5, 5.41) is 0. The first-order valence-corrected chi connectivity index (χ1v) is 10.2. The van der Waals surface area contributed by atoms with E-state index < -0.39 is 17.9 Å². The molecule has 1 atom stereocenters. The number of hydrogen-bond donors (Lipinski definition) is 0. The van der Waals surface area contributed by atoms with Crippen LogP contribution in [0.15, 0.2) is 71.1 Å². The minimum Gasteiger partial charge on any atom is -0.449 e. The number of ether oxygens (including phenoxy) is 1. The van der Waals surface area contributed by atoms with Gasteiger partial charge in [0.25, 0.3) is 5.91 Å². The molecule has 0 radical (unpaired) electrons. The van der Waals surface area contributed by atoms with Crippen molar-refractivity contribution >= 4 is 17.6 Å². The van der Waals surface area contributed by atoms with Crippen LogP contribution in [0.4, 0.5) is 10.1 Å². The third-order valence-corrected chi connectivity index (χ3v) is 5.29. The van der Waals surface area contributed by atoms with Gasteiger partial charge >= 0.3 is 5.97 Å². The zero-order chi connectivity index (χ0) is 21.8. The fourth-order valence-corrected chi connectivity index (χ4v) is 3.60. The summed E-state index contributed by atoms with van der Waals surface area (Å²) < 4.78 is 24.7. The molecule has 1 amide bonds. The quantitative estimate of drug-likeness (QED) is 0.582. The molecule has 7 heteroatoms. The Morgan fingerprint density at radius 3 is 2.32 bits per heavy atom. The minimum absolute atomic E-state index is 0.0770. The molecular weight excluding hydrogens is 399 g/mol. The number of piperazine rings is 1. The molecule has 0 unspecified atom stereocenters. The summed E-state index contributed by atoms with van der Waals surface area (Å²) in [7, 11) is 0. The Morgan fingerprint density at radius 2 is 1.61 bits per heavy atom. The molecule has 1 saturated heterocycles. The highest BCUT2D eigenvalue weighted by Crippen LogP contribution is 2.25. The lowest BCUT2D eigenvalue weighted by Gasteiger charge is -2.36. The van der Waals surface area contributed by atoms with Gasteiger partial charge in [-0.25, -0.2) is 9.18 Å². The van der Waals surface area contributed by atoms with E-state index in [4.69, 9.17) is 9.15 Å². The Morgan fingerprint density at radius 1 is 0.935 bits per heavy atom. The van der Waals surface area contributed by atoms with E-state index in [9.17, 15) is 14.0 Å². The number of rotatable bonds is 5. The molecule has 0 aliphatic carbocycles. The van der Waals surface area contributed by atoms with Crippen molar-refractivity contribution < 1.29 is 23.1 Å². The van der Waals surface area contributed by atoms with Gasteiger partial charge < -0.3 is 19.0 Å². The van der Waals surface area contributed by atoms with Crippen molar-refractivity contribution in [1.29, 1.82) is 0 Å². The number of amides is 1. The Hall–Kier alpha value is -3.61. The molecule has 0 spiro atoms. The van der Waals surface area contributed by atoms with Gasteiger partial charge in [-0.3, -0.25) is 4.79 Å². The van der Waals surface area contributed by atoms with E-state index in [0.717, 1.165) is 5.69 Å². The number of anilines is 1. The Balaban J connectivity index is 1.33. The van der Waals surface area contributed by atoms with Gasteiger partial charge in [0.1, 0.15) is 11.6 Å². The van der Waals surface area contributed by atoms with Crippen LogP contribution in [0, 0.1) is 5.82 Å². The first-order valence-electron chi connectivity index (χ1n) is 10.2. The second kappa shape index (κ2) is 9.04. The van der Waals surface area contributed by atoms with Crippen molar-refractivity contribution in [3.63, 3.8) is 0 Å². The molecule has 1 aliphatic heterocycles. The van der Waals surface area contributed by atoms with Crippen LogP contribution in [0.3, 0.4) is 0 Å². The van der Waals surface area contributed by atoms with Crippen LogP contribution >= 0.6 is 0 Å². The normalized spacial score (nSPS) is 14.9. The van der Waals surface area contributed by atoms with E-state index in [1.165, 1.54) is 18.2 Å². The summed E-state index contributed by atoms with van der Waals surface area (Å²) in [6, 6.07) is 19.1. The Bertz CT molecular complexity index is 1060. The van der Waals surface area contributed by atoms with Crippen LogP contribution in [-0.4, -0.2) is 49.1 Å². The van der Waals surface area contributed by atoms with Crippen LogP contribution < -0.4 is 4.90 Å². The van der Waals surface area contributed by atoms with Crippen LogP contribution in [0.1, 0.15) is 17.5 Å². The van der Waals surface area contributed by atoms with Crippen molar-refractivity contribution in [2.75, 3.05) is 31.1 Å². The maximum Gasteiger partial charge on any atom is 0.375 e. The average Bonchev–Trinajstić information content (AvgIpc) is 3.30. The van der Waals surface area contributed by atoms with Crippen LogP contribution in [0.25, 0.3) is 11.3 Å². The third kappa shape index (κ3) is 4.60. The van der Waals surface area contributed by atoms with Gasteiger partial charge in [0, 0.05) is 31.9 Å². The average molecular weight is 422 g/mol. The Labute approximate surface area is 179 Å². The minimum atomic E-state index is -0.946. The molecule has 0 N–H and O–H groups in total. The lowest BCUT2D eigenvalue weighted by atomic mass is 10.1. The van der Waals surface area contributed by atoms with Gasteiger partial charge in [-0.15, -0.1) is 0 Å². The molecule has 1 fully saturated rings. The molecule has 2 heterocycles. The Kier molecular flexibility index (Phi) is 6.02. The standard InChI is InChI=1S/C24H23FN2O4/c1-17(23(28)27-15-13-26(14-16-27)18-7-3-2-4-8-18)30-24(29)22-12-11-21(31-22)19-9-5-6-10-20(19)25/h2-12,17H,13-16H2,1H3/t17-/m0/s1. The van der Waals surface area contributed by atoms with Gasteiger partial charge in [0.15, 0.2) is 6.10 Å². The highest BCUT2D eigenvalue weighted by molar-refractivity contribution is 5.90. The number of furan rings is 1. The van der Waals surface area contributed by atoms with Crippen molar-refractivity contribution in [2.45, 2.75) is 13.0 Å². The fourth-order valence-electron chi connectivity index (χ4n) is 3.60. The summed E-state index contributed by atoms with van der Waals surface area (Å²) in [6.45, 7) is 4.06. The number of para-hydroxylation sites is 1. The predicted octanol–water partition coefficient (Wildman–Crippen LogP) is 3.98. The van der Waals surface area contributed by atoms with Crippen molar-refractivity contribution in [3.05, 3.63) is 78.3 Å². The van der Waals surface area contributed by atoms with E-state index in [0.29, 0.717) is 26.2 Å². The van der Waals surface area contributed by atoms with E-state index in [-0.39, 0.29) is 23.0 Å². The first-order chi connectivity index (χ1) is 15.0. The largest absolute Gasteiger partial charge is 0.449 e. The predicted molar refractivity (Wildman–Crippen MR) is 114 cm³/mol. The molecule has 1 aliphatic rings. The number of carbonyl (C=O) groups is 2. The van der Waals surface area contributed by atoms with Gasteiger partial charge in [0.2, 0.25) is 5.76 Å². The number of hydrogen-bond acceptors (Lipinski definition) is 5. The molecule has 4 rings (SSSR count). The maximum absolute atomic E-state index is 13.9. The maximum atomic E-state index is 13.9. The summed E-state index contributed by atoms with van der Waals surface area (Å²) >= 11 is 0. The van der Waals surface area contributed by atoms with Gasteiger partial charge in [-0.05, 0) is 43.3 Å². The highest BCUT2D eigenvalue weighted by Gasteiger charge is 2.28. The molecule has 1 aromatic heterocycles. The van der Waals surface area contributed by atoms with Crippen molar-refractivity contribution in [2.24, 2.45) is 0 Å². The second-order valence-electron chi connectivity index (χ2n) is 7.34. The fraction of sp³-hybridized carbons (Fsp3) is 0.250. The van der Waals surface area contributed by atoms with E-state index >= 15 is 0 Å². The molecular formula is C24H23FN2O4. The summed E-state index contributed by atoms with van der Waals surface area (Å²) in [6.07, 6.45) is -0.946. The molecule has 0 bridgehead atoms. The van der Waals surface area contributed by atoms with Crippen LogP contribution in [0.5, 0.6) is 0 Å². The third-order valence-electron chi connectivity index (χ3n) is 5.29. The highest BCUT2D eigenvalue weighted by atomic mass is 19.1. The second-order valence-corrected chi connectivity index (χ2v) is 7.34. The number of benzene rings is 2. The summed E-state index contributed by atoms with van der Waals surface area (Å²) in [4.78, 5) is 29.1. The van der Waals surface area contributed by atoms with E-state index in [2.05, 4.69) is 4.90 Å². The van der Waals surface area contributed by atoms with Gasteiger partial charge in [0.05, 0.1) is 5.56 Å².